The zero-order chi connectivity index (χ0) is 19.3. The first-order valence-electron chi connectivity index (χ1n) is 9.23. The van der Waals surface area contributed by atoms with Gasteiger partial charge in [-0.1, -0.05) is 23.8 Å². The number of hydrogen-bond donors (Lipinski definition) is 1. The summed E-state index contributed by atoms with van der Waals surface area (Å²) in [6.07, 6.45) is 1.69. The topological polar surface area (TPSA) is 56.8 Å². The highest BCUT2D eigenvalue weighted by Crippen LogP contribution is 2.38. The standard InChI is InChI=1S/C22H27NO4/c1-16-4-6-17(7-5-16)21(24)23-15-22(10-12-27-13-11-22)18-8-9-19(25-2)20(14-18)26-3/h4-9,14H,10-13,15H2,1-3H3,(H,23,24). The summed E-state index contributed by atoms with van der Waals surface area (Å²) in [6.45, 7) is 3.91. The maximum atomic E-state index is 12.6. The van der Waals surface area contributed by atoms with Crippen LogP contribution in [0, 0.1) is 6.92 Å². The molecule has 1 aliphatic heterocycles. The molecule has 0 bridgehead atoms. The van der Waals surface area contributed by atoms with E-state index >= 15 is 0 Å². The number of nitrogens with one attached hydrogen (secondary N) is 1. The van der Waals surface area contributed by atoms with Crippen molar-refractivity contribution < 1.29 is 19.0 Å². The van der Waals surface area contributed by atoms with Gasteiger partial charge in [0, 0.05) is 30.7 Å². The molecule has 0 spiro atoms. The molecule has 0 radical (unpaired) electrons. The first-order valence-corrected chi connectivity index (χ1v) is 9.23. The van der Waals surface area contributed by atoms with Gasteiger partial charge < -0.3 is 19.5 Å². The maximum absolute atomic E-state index is 12.6. The van der Waals surface area contributed by atoms with Crippen molar-refractivity contribution in [2.24, 2.45) is 0 Å². The van der Waals surface area contributed by atoms with Gasteiger partial charge in [0.25, 0.3) is 5.91 Å². The maximum Gasteiger partial charge on any atom is 0.251 e. The number of amides is 1. The largest absolute Gasteiger partial charge is 0.493 e. The molecule has 1 aliphatic rings. The smallest absolute Gasteiger partial charge is 0.251 e. The van der Waals surface area contributed by atoms with E-state index in [4.69, 9.17) is 14.2 Å². The van der Waals surface area contributed by atoms with Crippen molar-refractivity contribution in [3.8, 4) is 11.5 Å². The number of methoxy groups -OCH3 is 2. The summed E-state index contributed by atoms with van der Waals surface area (Å²) in [5.41, 5.74) is 2.76. The number of benzene rings is 2. The Balaban J connectivity index is 1.82. The minimum atomic E-state index is -0.182. The molecule has 0 unspecified atom stereocenters. The van der Waals surface area contributed by atoms with E-state index in [2.05, 4.69) is 11.4 Å². The Labute approximate surface area is 160 Å². The van der Waals surface area contributed by atoms with Gasteiger partial charge in [-0.3, -0.25) is 4.79 Å². The van der Waals surface area contributed by atoms with E-state index in [1.807, 2.05) is 43.3 Å². The Kier molecular flexibility index (Phi) is 6.01. The highest BCUT2D eigenvalue weighted by atomic mass is 16.5. The molecule has 1 saturated heterocycles. The third-order valence-electron chi connectivity index (χ3n) is 5.35. The lowest BCUT2D eigenvalue weighted by molar-refractivity contribution is 0.0486. The van der Waals surface area contributed by atoms with Crippen molar-refractivity contribution in [2.75, 3.05) is 34.0 Å². The second-order valence-corrected chi connectivity index (χ2v) is 7.01. The van der Waals surface area contributed by atoms with E-state index in [0.29, 0.717) is 36.8 Å². The fourth-order valence-corrected chi connectivity index (χ4v) is 3.55. The van der Waals surface area contributed by atoms with Crippen LogP contribution in [0.2, 0.25) is 0 Å². The Morgan fingerprint density at radius 3 is 2.33 bits per heavy atom. The highest BCUT2D eigenvalue weighted by Gasteiger charge is 2.35. The van der Waals surface area contributed by atoms with Gasteiger partial charge >= 0.3 is 0 Å². The van der Waals surface area contributed by atoms with E-state index in [9.17, 15) is 4.79 Å². The average Bonchev–Trinajstić information content (AvgIpc) is 2.72. The molecule has 1 fully saturated rings. The molecule has 0 aromatic heterocycles. The zero-order valence-corrected chi connectivity index (χ0v) is 16.2. The van der Waals surface area contributed by atoms with Crippen LogP contribution in [0.3, 0.4) is 0 Å². The highest BCUT2D eigenvalue weighted by molar-refractivity contribution is 5.94. The lowest BCUT2D eigenvalue weighted by Gasteiger charge is -2.38. The Morgan fingerprint density at radius 1 is 1.04 bits per heavy atom. The van der Waals surface area contributed by atoms with Crippen LogP contribution in [0.4, 0.5) is 0 Å². The minimum Gasteiger partial charge on any atom is -0.493 e. The monoisotopic (exact) mass is 369 g/mol. The van der Waals surface area contributed by atoms with Crippen LogP contribution in [0.1, 0.15) is 34.3 Å². The van der Waals surface area contributed by atoms with Crippen molar-refractivity contribution in [3.63, 3.8) is 0 Å². The number of aryl methyl sites for hydroxylation is 1. The van der Waals surface area contributed by atoms with Gasteiger partial charge in [0.05, 0.1) is 14.2 Å². The second-order valence-electron chi connectivity index (χ2n) is 7.01. The molecule has 1 amide bonds. The fraction of sp³-hybridized carbons (Fsp3) is 0.409. The molecule has 0 aliphatic carbocycles. The van der Waals surface area contributed by atoms with E-state index in [-0.39, 0.29) is 11.3 Å². The normalized spacial score (nSPS) is 15.8. The van der Waals surface area contributed by atoms with E-state index in [1.165, 1.54) is 0 Å². The number of hydrogen-bond acceptors (Lipinski definition) is 4. The average molecular weight is 369 g/mol. The van der Waals surface area contributed by atoms with Crippen molar-refractivity contribution in [3.05, 3.63) is 59.2 Å². The van der Waals surface area contributed by atoms with Crippen LogP contribution >= 0.6 is 0 Å². The number of ether oxygens (including phenoxy) is 3. The van der Waals surface area contributed by atoms with Crippen LogP contribution in [-0.2, 0) is 10.2 Å². The Morgan fingerprint density at radius 2 is 1.70 bits per heavy atom. The lowest BCUT2D eigenvalue weighted by Crippen LogP contribution is -2.44. The predicted molar refractivity (Wildman–Crippen MR) is 105 cm³/mol. The van der Waals surface area contributed by atoms with Gasteiger partial charge in [0.15, 0.2) is 11.5 Å². The molecular weight excluding hydrogens is 342 g/mol. The molecule has 0 atom stereocenters. The second kappa shape index (κ2) is 8.44. The predicted octanol–water partition coefficient (Wildman–Crippen LogP) is 3.49. The van der Waals surface area contributed by atoms with Gasteiger partial charge in [-0.15, -0.1) is 0 Å². The van der Waals surface area contributed by atoms with Crippen molar-refractivity contribution in [1.29, 1.82) is 0 Å². The van der Waals surface area contributed by atoms with Gasteiger partial charge in [-0.05, 0) is 49.6 Å². The first kappa shape index (κ1) is 19.2. The summed E-state index contributed by atoms with van der Waals surface area (Å²) in [4.78, 5) is 12.6. The van der Waals surface area contributed by atoms with Gasteiger partial charge in [0.1, 0.15) is 0 Å². The molecule has 3 rings (SSSR count). The minimum absolute atomic E-state index is 0.0543. The molecule has 27 heavy (non-hydrogen) atoms. The molecular formula is C22H27NO4. The number of rotatable bonds is 6. The van der Waals surface area contributed by atoms with Gasteiger partial charge in [-0.2, -0.15) is 0 Å². The number of carbonyl (C=O) groups is 1. The molecule has 1 heterocycles. The van der Waals surface area contributed by atoms with Crippen LogP contribution < -0.4 is 14.8 Å². The van der Waals surface area contributed by atoms with Crippen LogP contribution in [0.25, 0.3) is 0 Å². The first-order chi connectivity index (χ1) is 13.1. The van der Waals surface area contributed by atoms with Crippen molar-refractivity contribution in [2.45, 2.75) is 25.2 Å². The third kappa shape index (κ3) is 4.25. The van der Waals surface area contributed by atoms with Crippen LogP contribution in [0.15, 0.2) is 42.5 Å². The molecule has 0 saturated carbocycles. The van der Waals surface area contributed by atoms with E-state index in [0.717, 1.165) is 24.0 Å². The summed E-state index contributed by atoms with van der Waals surface area (Å²) in [6, 6.07) is 13.6. The lowest BCUT2D eigenvalue weighted by atomic mass is 9.74. The van der Waals surface area contributed by atoms with E-state index in [1.54, 1.807) is 14.2 Å². The molecule has 5 nitrogen and oxygen atoms in total. The quantitative estimate of drug-likeness (QED) is 0.847. The molecule has 2 aromatic rings. The Bertz CT molecular complexity index is 779. The molecule has 144 valence electrons. The summed E-state index contributed by atoms with van der Waals surface area (Å²) in [5, 5.41) is 3.13. The summed E-state index contributed by atoms with van der Waals surface area (Å²) in [5.74, 6) is 1.35. The summed E-state index contributed by atoms with van der Waals surface area (Å²) >= 11 is 0. The van der Waals surface area contributed by atoms with Gasteiger partial charge in [-0.25, -0.2) is 0 Å². The van der Waals surface area contributed by atoms with Gasteiger partial charge in [0.2, 0.25) is 0 Å². The van der Waals surface area contributed by atoms with Crippen molar-refractivity contribution >= 4 is 5.91 Å². The molecule has 5 heteroatoms. The zero-order valence-electron chi connectivity index (χ0n) is 16.2. The summed E-state index contributed by atoms with van der Waals surface area (Å²) < 4.78 is 16.4. The molecule has 1 N–H and O–H groups in total. The SMILES string of the molecule is COc1ccc(C2(CNC(=O)c3ccc(C)cc3)CCOCC2)cc1OC. The molecule has 2 aromatic carbocycles. The Hall–Kier alpha value is -2.53. The van der Waals surface area contributed by atoms with Crippen LogP contribution in [0.5, 0.6) is 11.5 Å². The van der Waals surface area contributed by atoms with Crippen LogP contribution in [-0.4, -0.2) is 39.9 Å². The summed E-state index contributed by atoms with van der Waals surface area (Å²) in [7, 11) is 3.26. The third-order valence-corrected chi connectivity index (χ3v) is 5.35. The van der Waals surface area contributed by atoms with Crippen molar-refractivity contribution in [1.82, 2.24) is 5.32 Å². The fourth-order valence-electron chi connectivity index (χ4n) is 3.55. The number of carbonyl (C=O) groups excluding carboxylic acids is 1. The van der Waals surface area contributed by atoms with E-state index < -0.39 is 0 Å².